The highest BCUT2D eigenvalue weighted by Crippen LogP contribution is 2.29. The Bertz CT molecular complexity index is 457. The van der Waals surface area contributed by atoms with Gasteiger partial charge in [0.2, 0.25) is 17.8 Å². The molecular formula is C14H26N6O. The van der Waals surface area contributed by atoms with E-state index in [0.29, 0.717) is 11.9 Å². The average Bonchev–Trinajstić information content (AvgIpc) is 2.47. The van der Waals surface area contributed by atoms with Crippen molar-refractivity contribution in [3.8, 4) is 0 Å². The molecule has 1 aromatic rings. The van der Waals surface area contributed by atoms with Gasteiger partial charge in [-0.05, 0) is 32.1 Å². The largest absolute Gasteiger partial charge is 0.381 e. The minimum Gasteiger partial charge on any atom is -0.381 e. The lowest BCUT2D eigenvalue weighted by atomic mass is 9.82. The van der Waals surface area contributed by atoms with Crippen LogP contribution in [0.25, 0.3) is 0 Å². The molecule has 7 nitrogen and oxygen atoms in total. The number of nitrogens with two attached hydrogens (primary N) is 1. The second-order valence-corrected chi connectivity index (χ2v) is 5.77. The van der Waals surface area contributed by atoms with Crippen molar-refractivity contribution in [1.82, 2.24) is 15.0 Å². The Labute approximate surface area is 126 Å². The van der Waals surface area contributed by atoms with Crippen LogP contribution in [0.5, 0.6) is 0 Å². The summed E-state index contributed by atoms with van der Waals surface area (Å²) in [5.41, 5.74) is 6.02. The van der Waals surface area contributed by atoms with Crippen LogP contribution in [0.4, 0.5) is 17.8 Å². The van der Waals surface area contributed by atoms with Crippen molar-refractivity contribution in [3.05, 3.63) is 0 Å². The fourth-order valence-corrected chi connectivity index (χ4v) is 2.44. The van der Waals surface area contributed by atoms with Gasteiger partial charge < -0.3 is 20.7 Å². The first-order valence-corrected chi connectivity index (χ1v) is 7.64. The van der Waals surface area contributed by atoms with E-state index in [1.807, 2.05) is 0 Å². The molecule has 1 aliphatic heterocycles. The van der Waals surface area contributed by atoms with E-state index in [2.05, 4.69) is 45.9 Å². The van der Waals surface area contributed by atoms with E-state index in [9.17, 15) is 0 Å². The summed E-state index contributed by atoms with van der Waals surface area (Å²) in [6.07, 6.45) is 2.09. The number of ether oxygens (including phenoxy) is 1. The van der Waals surface area contributed by atoms with Crippen LogP contribution in [0.3, 0.4) is 0 Å². The summed E-state index contributed by atoms with van der Waals surface area (Å²) in [6, 6.07) is 0. The summed E-state index contributed by atoms with van der Waals surface area (Å²) in [7, 11) is 0. The Morgan fingerprint density at radius 3 is 2.48 bits per heavy atom. The summed E-state index contributed by atoms with van der Waals surface area (Å²) < 4.78 is 5.42. The maximum absolute atomic E-state index is 5.80. The van der Waals surface area contributed by atoms with E-state index in [4.69, 9.17) is 10.5 Å². The molecule has 0 atom stereocenters. The standard InChI is InChI=1S/C14H26N6O/c1-4-20(5-2)13-18-11(15)17-12(19-13)16-10-14(3)6-8-21-9-7-14/h4-10H2,1-3H3,(H3,15,16,17,18,19). The minimum atomic E-state index is 0.217. The monoisotopic (exact) mass is 294 g/mol. The molecule has 21 heavy (non-hydrogen) atoms. The van der Waals surface area contributed by atoms with Gasteiger partial charge in [0, 0.05) is 32.8 Å². The zero-order valence-electron chi connectivity index (χ0n) is 13.2. The third-order valence-corrected chi connectivity index (χ3v) is 4.06. The minimum absolute atomic E-state index is 0.217. The number of rotatable bonds is 6. The number of hydrogen-bond acceptors (Lipinski definition) is 7. The normalized spacial score (nSPS) is 17.5. The second kappa shape index (κ2) is 6.89. The third kappa shape index (κ3) is 4.17. The van der Waals surface area contributed by atoms with E-state index < -0.39 is 0 Å². The van der Waals surface area contributed by atoms with Gasteiger partial charge in [-0.1, -0.05) is 6.92 Å². The predicted molar refractivity (Wildman–Crippen MR) is 84.5 cm³/mol. The molecule has 0 unspecified atom stereocenters. The molecule has 1 aromatic heterocycles. The lowest BCUT2D eigenvalue weighted by Crippen LogP contribution is -2.34. The Kier molecular flexibility index (Phi) is 5.17. The average molecular weight is 294 g/mol. The molecule has 2 rings (SSSR count). The van der Waals surface area contributed by atoms with Gasteiger partial charge in [0.1, 0.15) is 0 Å². The van der Waals surface area contributed by atoms with Gasteiger partial charge in [-0.25, -0.2) is 0 Å². The second-order valence-electron chi connectivity index (χ2n) is 5.77. The molecule has 0 radical (unpaired) electrons. The van der Waals surface area contributed by atoms with Gasteiger partial charge in [0.05, 0.1) is 0 Å². The molecule has 118 valence electrons. The summed E-state index contributed by atoms with van der Waals surface area (Å²) in [5, 5.41) is 3.31. The highest BCUT2D eigenvalue weighted by atomic mass is 16.5. The molecule has 0 aromatic carbocycles. The molecule has 2 heterocycles. The Hall–Kier alpha value is -1.63. The number of anilines is 3. The molecule has 7 heteroatoms. The van der Waals surface area contributed by atoms with Crippen LogP contribution < -0.4 is 16.0 Å². The summed E-state index contributed by atoms with van der Waals surface area (Å²) in [4.78, 5) is 14.9. The van der Waals surface area contributed by atoms with Crippen molar-refractivity contribution in [3.63, 3.8) is 0 Å². The van der Waals surface area contributed by atoms with Gasteiger partial charge in [-0.2, -0.15) is 15.0 Å². The first-order valence-electron chi connectivity index (χ1n) is 7.64. The highest BCUT2D eigenvalue weighted by Gasteiger charge is 2.27. The topological polar surface area (TPSA) is 89.2 Å². The van der Waals surface area contributed by atoms with Crippen LogP contribution in [0.15, 0.2) is 0 Å². The number of nitrogens with one attached hydrogen (secondary N) is 1. The number of aromatic nitrogens is 3. The van der Waals surface area contributed by atoms with E-state index in [1.165, 1.54) is 0 Å². The van der Waals surface area contributed by atoms with Crippen LogP contribution in [0.1, 0.15) is 33.6 Å². The van der Waals surface area contributed by atoms with Gasteiger partial charge in [-0.3, -0.25) is 0 Å². The van der Waals surface area contributed by atoms with Crippen molar-refractivity contribution in [2.45, 2.75) is 33.6 Å². The molecule has 0 saturated carbocycles. The van der Waals surface area contributed by atoms with Gasteiger partial charge in [0.25, 0.3) is 0 Å². The fraction of sp³-hybridized carbons (Fsp3) is 0.786. The van der Waals surface area contributed by atoms with Crippen molar-refractivity contribution in [2.24, 2.45) is 5.41 Å². The lowest BCUT2D eigenvalue weighted by molar-refractivity contribution is 0.0299. The molecular weight excluding hydrogens is 268 g/mol. The molecule has 0 amide bonds. The predicted octanol–water partition coefficient (Wildman–Crippen LogP) is 1.53. The molecule has 0 spiro atoms. The SMILES string of the molecule is CCN(CC)c1nc(N)nc(NCC2(C)CCOCC2)n1. The van der Waals surface area contributed by atoms with Crippen molar-refractivity contribution in [2.75, 3.05) is 48.8 Å². The molecule has 3 N–H and O–H groups in total. The first-order chi connectivity index (χ1) is 10.1. The van der Waals surface area contributed by atoms with E-state index in [0.717, 1.165) is 45.7 Å². The van der Waals surface area contributed by atoms with Gasteiger partial charge in [0.15, 0.2) is 0 Å². The maximum Gasteiger partial charge on any atom is 0.231 e. The molecule has 0 aliphatic carbocycles. The van der Waals surface area contributed by atoms with E-state index in [-0.39, 0.29) is 11.4 Å². The molecule has 1 fully saturated rings. The lowest BCUT2D eigenvalue weighted by Gasteiger charge is -2.33. The van der Waals surface area contributed by atoms with Crippen molar-refractivity contribution in [1.29, 1.82) is 0 Å². The molecule has 1 aliphatic rings. The maximum atomic E-state index is 5.80. The number of nitrogen functional groups attached to an aromatic ring is 1. The molecule has 1 saturated heterocycles. The zero-order valence-corrected chi connectivity index (χ0v) is 13.2. The smallest absolute Gasteiger partial charge is 0.231 e. The first kappa shape index (κ1) is 15.8. The van der Waals surface area contributed by atoms with Crippen molar-refractivity contribution < 1.29 is 4.74 Å². The third-order valence-electron chi connectivity index (χ3n) is 4.06. The van der Waals surface area contributed by atoms with Crippen LogP contribution in [0, 0.1) is 5.41 Å². The van der Waals surface area contributed by atoms with E-state index >= 15 is 0 Å². The van der Waals surface area contributed by atoms with Crippen LogP contribution in [-0.2, 0) is 4.74 Å². The van der Waals surface area contributed by atoms with Crippen molar-refractivity contribution >= 4 is 17.8 Å². The number of nitrogens with zero attached hydrogens (tertiary/aromatic N) is 4. The van der Waals surface area contributed by atoms with Crippen LogP contribution in [0.2, 0.25) is 0 Å². The Morgan fingerprint density at radius 1 is 1.19 bits per heavy atom. The van der Waals surface area contributed by atoms with Gasteiger partial charge >= 0.3 is 0 Å². The van der Waals surface area contributed by atoms with Crippen LogP contribution >= 0.6 is 0 Å². The fourth-order valence-electron chi connectivity index (χ4n) is 2.44. The summed E-state index contributed by atoms with van der Waals surface area (Å²) >= 11 is 0. The van der Waals surface area contributed by atoms with E-state index in [1.54, 1.807) is 0 Å². The summed E-state index contributed by atoms with van der Waals surface area (Å²) in [6.45, 7) is 10.5. The van der Waals surface area contributed by atoms with Crippen LogP contribution in [-0.4, -0.2) is 47.8 Å². The Morgan fingerprint density at radius 2 is 1.86 bits per heavy atom. The highest BCUT2D eigenvalue weighted by molar-refractivity contribution is 5.41. The Balaban J connectivity index is 2.05. The number of hydrogen-bond donors (Lipinski definition) is 2. The molecule has 0 bridgehead atoms. The van der Waals surface area contributed by atoms with Gasteiger partial charge in [-0.15, -0.1) is 0 Å². The summed E-state index contributed by atoms with van der Waals surface area (Å²) in [5.74, 6) is 1.44. The quantitative estimate of drug-likeness (QED) is 0.822. The zero-order chi connectivity index (χ0) is 15.3.